The minimum absolute atomic E-state index is 0.182. The second-order valence-electron chi connectivity index (χ2n) is 5.66. The number of carbonyl (C=O) groups is 1. The van der Waals surface area contributed by atoms with Crippen LogP contribution in [0.1, 0.15) is 15.9 Å². The lowest BCUT2D eigenvalue weighted by Crippen LogP contribution is -2.22. The molecule has 7 heteroatoms. The van der Waals surface area contributed by atoms with Crippen molar-refractivity contribution in [3.05, 3.63) is 72.2 Å². The molecule has 0 aliphatic carbocycles. The Balaban J connectivity index is 1.71. The van der Waals surface area contributed by atoms with E-state index in [9.17, 15) is 4.79 Å². The Kier molecular flexibility index (Phi) is 5.84. The molecule has 2 aromatic heterocycles. The first-order valence-corrected chi connectivity index (χ1v) is 8.32. The van der Waals surface area contributed by atoms with E-state index >= 15 is 0 Å². The number of benzene rings is 1. The van der Waals surface area contributed by atoms with Gasteiger partial charge < -0.3 is 20.1 Å². The van der Waals surface area contributed by atoms with Crippen LogP contribution in [0.5, 0.6) is 11.5 Å². The number of ether oxygens (including phenoxy) is 2. The van der Waals surface area contributed by atoms with Crippen LogP contribution >= 0.6 is 0 Å². The second-order valence-corrected chi connectivity index (χ2v) is 5.66. The summed E-state index contributed by atoms with van der Waals surface area (Å²) in [7, 11) is 3.17. The van der Waals surface area contributed by atoms with Crippen molar-refractivity contribution >= 4 is 17.4 Å². The summed E-state index contributed by atoms with van der Waals surface area (Å²) in [5.41, 5.74) is 2.21. The van der Waals surface area contributed by atoms with E-state index in [-0.39, 0.29) is 5.91 Å². The fourth-order valence-electron chi connectivity index (χ4n) is 2.46. The molecular formula is C20H20N4O3. The standard InChI is InChI=1S/C20H20N4O3/c1-26-16-3-4-17(18(12-16)27-2)24-19-11-15(7-10-22-19)20(25)23-13-14-5-8-21-9-6-14/h3-12H,13H2,1-2H3,(H,22,24)(H,23,25). The zero-order valence-electron chi connectivity index (χ0n) is 15.1. The molecule has 7 nitrogen and oxygen atoms in total. The lowest BCUT2D eigenvalue weighted by Gasteiger charge is -2.12. The van der Waals surface area contributed by atoms with Crippen LogP contribution in [0.3, 0.4) is 0 Å². The highest BCUT2D eigenvalue weighted by Gasteiger charge is 2.09. The predicted molar refractivity (Wildman–Crippen MR) is 102 cm³/mol. The van der Waals surface area contributed by atoms with Crippen molar-refractivity contribution < 1.29 is 14.3 Å². The Bertz CT molecular complexity index is 916. The van der Waals surface area contributed by atoms with Crippen molar-refractivity contribution in [2.45, 2.75) is 6.54 Å². The summed E-state index contributed by atoms with van der Waals surface area (Å²) in [6.45, 7) is 0.429. The number of hydrogen-bond acceptors (Lipinski definition) is 6. The SMILES string of the molecule is COc1ccc(Nc2cc(C(=O)NCc3ccncc3)ccn2)c(OC)c1. The fourth-order valence-corrected chi connectivity index (χ4v) is 2.46. The van der Waals surface area contributed by atoms with E-state index in [0.717, 1.165) is 11.3 Å². The van der Waals surface area contributed by atoms with Gasteiger partial charge in [0.05, 0.1) is 19.9 Å². The van der Waals surface area contributed by atoms with Gasteiger partial charge in [0, 0.05) is 36.8 Å². The van der Waals surface area contributed by atoms with Gasteiger partial charge in [-0.2, -0.15) is 0 Å². The van der Waals surface area contributed by atoms with Crippen molar-refractivity contribution in [3.63, 3.8) is 0 Å². The predicted octanol–water partition coefficient (Wildman–Crippen LogP) is 3.17. The second kappa shape index (κ2) is 8.66. The van der Waals surface area contributed by atoms with E-state index in [1.807, 2.05) is 24.3 Å². The molecule has 1 amide bonds. The smallest absolute Gasteiger partial charge is 0.251 e. The Morgan fingerprint density at radius 1 is 1.00 bits per heavy atom. The fraction of sp³-hybridized carbons (Fsp3) is 0.150. The molecule has 3 rings (SSSR count). The van der Waals surface area contributed by atoms with Crippen LogP contribution in [-0.2, 0) is 6.54 Å². The molecule has 0 aliphatic heterocycles. The van der Waals surface area contributed by atoms with Gasteiger partial charge in [0.1, 0.15) is 17.3 Å². The molecule has 0 unspecified atom stereocenters. The monoisotopic (exact) mass is 364 g/mol. The number of rotatable bonds is 7. The topological polar surface area (TPSA) is 85.4 Å². The van der Waals surface area contributed by atoms with E-state index in [4.69, 9.17) is 9.47 Å². The van der Waals surface area contributed by atoms with E-state index in [0.29, 0.717) is 29.4 Å². The number of hydrogen-bond donors (Lipinski definition) is 2. The average Bonchev–Trinajstić information content (AvgIpc) is 2.73. The Hall–Kier alpha value is -3.61. The number of nitrogens with zero attached hydrogens (tertiary/aromatic N) is 2. The summed E-state index contributed by atoms with van der Waals surface area (Å²) in [5.74, 6) is 1.66. The maximum Gasteiger partial charge on any atom is 0.251 e. The van der Waals surface area contributed by atoms with E-state index in [2.05, 4.69) is 20.6 Å². The van der Waals surface area contributed by atoms with Crippen molar-refractivity contribution in [3.8, 4) is 11.5 Å². The minimum Gasteiger partial charge on any atom is -0.497 e. The van der Waals surface area contributed by atoms with Crippen LogP contribution in [0.2, 0.25) is 0 Å². The number of nitrogens with one attached hydrogen (secondary N) is 2. The van der Waals surface area contributed by atoms with Crippen LogP contribution in [-0.4, -0.2) is 30.1 Å². The van der Waals surface area contributed by atoms with Crippen molar-refractivity contribution in [1.82, 2.24) is 15.3 Å². The van der Waals surface area contributed by atoms with Gasteiger partial charge in [0.2, 0.25) is 0 Å². The molecule has 0 atom stereocenters. The van der Waals surface area contributed by atoms with Gasteiger partial charge in [-0.25, -0.2) is 4.98 Å². The third-order valence-corrected chi connectivity index (χ3v) is 3.90. The molecule has 0 aliphatic rings. The molecule has 0 saturated carbocycles. The van der Waals surface area contributed by atoms with Crippen LogP contribution < -0.4 is 20.1 Å². The zero-order valence-corrected chi connectivity index (χ0v) is 15.1. The summed E-state index contributed by atoms with van der Waals surface area (Å²) in [5, 5.41) is 6.04. The molecule has 2 N–H and O–H groups in total. The third kappa shape index (κ3) is 4.72. The summed E-state index contributed by atoms with van der Waals surface area (Å²) in [6.07, 6.45) is 4.97. The summed E-state index contributed by atoms with van der Waals surface area (Å²) in [4.78, 5) is 20.6. The van der Waals surface area contributed by atoms with E-state index in [1.165, 1.54) is 0 Å². The van der Waals surface area contributed by atoms with Crippen LogP contribution in [0.15, 0.2) is 61.1 Å². The normalized spacial score (nSPS) is 10.1. The number of aromatic nitrogens is 2. The molecule has 0 saturated heterocycles. The first-order valence-electron chi connectivity index (χ1n) is 8.32. The number of methoxy groups -OCH3 is 2. The maximum absolute atomic E-state index is 12.4. The molecule has 0 spiro atoms. The van der Waals surface area contributed by atoms with Gasteiger partial charge >= 0.3 is 0 Å². The van der Waals surface area contributed by atoms with Gasteiger partial charge in [0.25, 0.3) is 5.91 Å². The first-order chi connectivity index (χ1) is 13.2. The number of pyridine rings is 2. The van der Waals surface area contributed by atoms with Gasteiger partial charge in [-0.1, -0.05) is 0 Å². The van der Waals surface area contributed by atoms with Gasteiger partial charge in [-0.15, -0.1) is 0 Å². The number of anilines is 2. The Morgan fingerprint density at radius 2 is 1.81 bits per heavy atom. The quantitative estimate of drug-likeness (QED) is 0.670. The number of amides is 1. The first kappa shape index (κ1) is 18.2. The van der Waals surface area contributed by atoms with Crippen molar-refractivity contribution in [1.29, 1.82) is 0 Å². The minimum atomic E-state index is -0.182. The molecule has 1 aromatic carbocycles. The van der Waals surface area contributed by atoms with Gasteiger partial charge in [-0.3, -0.25) is 9.78 Å². The molecule has 0 bridgehead atoms. The average molecular weight is 364 g/mol. The molecule has 138 valence electrons. The lowest BCUT2D eigenvalue weighted by molar-refractivity contribution is 0.0951. The van der Waals surface area contributed by atoms with E-state index in [1.54, 1.807) is 51.0 Å². The highest BCUT2D eigenvalue weighted by molar-refractivity contribution is 5.94. The molecule has 27 heavy (non-hydrogen) atoms. The highest BCUT2D eigenvalue weighted by atomic mass is 16.5. The molecular weight excluding hydrogens is 344 g/mol. The molecule has 3 aromatic rings. The molecule has 2 heterocycles. The summed E-state index contributed by atoms with van der Waals surface area (Å²) < 4.78 is 10.6. The Morgan fingerprint density at radius 3 is 2.56 bits per heavy atom. The maximum atomic E-state index is 12.4. The van der Waals surface area contributed by atoms with Crippen LogP contribution in [0.25, 0.3) is 0 Å². The van der Waals surface area contributed by atoms with Gasteiger partial charge in [-0.05, 0) is 42.0 Å². The highest BCUT2D eigenvalue weighted by Crippen LogP contribution is 2.31. The van der Waals surface area contributed by atoms with Crippen molar-refractivity contribution in [2.75, 3.05) is 19.5 Å². The Labute approximate surface area is 157 Å². The lowest BCUT2D eigenvalue weighted by atomic mass is 10.2. The third-order valence-electron chi connectivity index (χ3n) is 3.90. The summed E-state index contributed by atoms with van der Waals surface area (Å²) >= 11 is 0. The van der Waals surface area contributed by atoms with Crippen LogP contribution in [0.4, 0.5) is 11.5 Å². The van der Waals surface area contributed by atoms with Gasteiger partial charge in [0.15, 0.2) is 0 Å². The number of carbonyl (C=O) groups excluding carboxylic acids is 1. The van der Waals surface area contributed by atoms with Crippen molar-refractivity contribution in [2.24, 2.45) is 0 Å². The van der Waals surface area contributed by atoms with E-state index < -0.39 is 0 Å². The molecule has 0 fully saturated rings. The van der Waals surface area contributed by atoms with Crippen LogP contribution in [0, 0.1) is 0 Å². The largest absolute Gasteiger partial charge is 0.497 e. The summed E-state index contributed by atoms with van der Waals surface area (Å²) in [6, 6.07) is 12.5. The molecule has 0 radical (unpaired) electrons. The zero-order chi connectivity index (χ0) is 19.1.